The second-order valence-corrected chi connectivity index (χ2v) is 9.00. The maximum atomic E-state index is 12.7. The highest BCUT2D eigenvalue weighted by atomic mass is 16.5. The first-order valence-corrected chi connectivity index (χ1v) is 11.8. The maximum Gasteiger partial charge on any atom is 0.225 e. The molecule has 2 N–H and O–H groups in total. The predicted molar refractivity (Wildman–Crippen MR) is 122 cm³/mol. The van der Waals surface area contributed by atoms with E-state index < -0.39 is 0 Å². The van der Waals surface area contributed by atoms with Gasteiger partial charge in [0.15, 0.2) is 5.96 Å². The summed E-state index contributed by atoms with van der Waals surface area (Å²) in [5, 5.41) is 6.87. The van der Waals surface area contributed by atoms with Crippen molar-refractivity contribution < 1.29 is 14.3 Å². The van der Waals surface area contributed by atoms with E-state index >= 15 is 0 Å². The highest BCUT2D eigenvalue weighted by Gasteiger charge is 2.32. The highest BCUT2D eigenvalue weighted by Crippen LogP contribution is 2.35. The first kappa shape index (κ1) is 21.8. The summed E-state index contributed by atoms with van der Waals surface area (Å²) in [6.07, 6.45) is 6.58. The van der Waals surface area contributed by atoms with E-state index in [9.17, 15) is 4.79 Å². The number of carbonyl (C=O) groups is 1. The van der Waals surface area contributed by atoms with Gasteiger partial charge in [0, 0.05) is 49.1 Å². The third kappa shape index (κ3) is 5.08. The van der Waals surface area contributed by atoms with E-state index in [4.69, 9.17) is 14.5 Å². The van der Waals surface area contributed by atoms with Crippen molar-refractivity contribution in [2.75, 3.05) is 26.7 Å². The van der Waals surface area contributed by atoms with Crippen molar-refractivity contribution in [3.8, 4) is 11.5 Å². The summed E-state index contributed by atoms with van der Waals surface area (Å²) in [6, 6.07) is 4.37. The Morgan fingerprint density at radius 1 is 1.29 bits per heavy atom. The van der Waals surface area contributed by atoms with Gasteiger partial charge in [-0.2, -0.15) is 0 Å². The van der Waals surface area contributed by atoms with Crippen LogP contribution in [0, 0.1) is 5.92 Å². The molecule has 0 aromatic heterocycles. The quantitative estimate of drug-likeness (QED) is 0.538. The van der Waals surface area contributed by atoms with E-state index in [1.165, 1.54) is 18.4 Å². The largest absolute Gasteiger partial charge is 0.496 e. The number of hydrogen-bond donors (Lipinski definition) is 2. The Kier molecular flexibility index (Phi) is 6.88. The standard InChI is InChI=1S/C24H36N4O3/c1-4-25-24(27-20-9-10-28(15-20)23(29)17-7-5-6-8-17)26-14-19-13-22-18(11-16(2)31-22)12-21(19)30-3/h12-13,16-17,20H,4-11,14-15H2,1-3H3,(H2,25,26,27). The van der Waals surface area contributed by atoms with Crippen molar-refractivity contribution in [3.05, 3.63) is 23.3 Å². The van der Waals surface area contributed by atoms with Crippen LogP contribution in [0.1, 0.15) is 57.1 Å². The summed E-state index contributed by atoms with van der Waals surface area (Å²) in [4.78, 5) is 19.6. The van der Waals surface area contributed by atoms with Crippen molar-refractivity contribution in [3.63, 3.8) is 0 Å². The number of nitrogens with one attached hydrogen (secondary N) is 2. The normalized spacial score (nSPS) is 23.6. The van der Waals surface area contributed by atoms with Gasteiger partial charge >= 0.3 is 0 Å². The Morgan fingerprint density at radius 2 is 2.10 bits per heavy atom. The van der Waals surface area contributed by atoms with E-state index in [-0.39, 0.29) is 18.1 Å². The minimum absolute atomic E-state index is 0.203. The fourth-order valence-corrected chi connectivity index (χ4v) is 4.98. The van der Waals surface area contributed by atoms with Crippen LogP contribution < -0.4 is 20.1 Å². The average Bonchev–Trinajstić information content (AvgIpc) is 3.51. The lowest BCUT2D eigenvalue weighted by Crippen LogP contribution is -2.45. The minimum atomic E-state index is 0.203. The second kappa shape index (κ2) is 9.79. The number of nitrogens with zero attached hydrogens (tertiary/aromatic N) is 2. The van der Waals surface area contributed by atoms with Gasteiger partial charge in [-0.1, -0.05) is 12.8 Å². The third-order valence-electron chi connectivity index (χ3n) is 6.60. The van der Waals surface area contributed by atoms with Gasteiger partial charge in [0.1, 0.15) is 17.6 Å². The van der Waals surface area contributed by atoms with Gasteiger partial charge in [-0.3, -0.25) is 4.79 Å². The molecule has 3 aliphatic rings. The molecule has 4 rings (SSSR count). The summed E-state index contributed by atoms with van der Waals surface area (Å²) in [5.74, 6) is 3.16. The number of likely N-dealkylation sites (tertiary alicyclic amines) is 1. The van der Waals surface area contributed by atoms with Gasteiger partial charge < -0.3 is 25.0 Å². The number of benzene rings is 1. The Bertz CT molecular complexity index is 819. The number of carbonyl (C=O) groups excluding carboxylic acids is 1. The van der Waals surface area contributed by atoms with Gasteiger partial charge in [0.05, 0.1) is 13.7 Å². The monoisotopic (exact) mass is 428 g/mol. The maximum absolute atomic E-state index is 12.7. The molecule has 2 aliphatic heterocycles. The molecule has 2 unspecified atom stereocenters. The second-order valence-electron chi connectivity index (χ2n) is 9.00. The molecule has 1 amide bonds. The Labute approximate surface area is 185 Å². The molecule has 2 atom stereocenters. The molecular formula is C24H36N4O3. The van der Waals surface area contributed by atoms with Crippen LogP contribution in [0.2, 0.25) is 0 Å². The van der Waals surface area contributed by atoms with Crippen LogP contribution in [-0.4, -0.2) is 55.7 Å². The van der Waals surface area contributed by atoms with Gasteiger partial charge in [-0.15, -0.1) is 0 Å². The topological polar surface area (TPSA) is 75.2 Å². The molecule has 2 fully saturated rings. The van der Waals surface area contributed by atoms with Gasteiger partial charge in [-0.05, 0) is 45.2 Å². The number of rotatable bonds is 6. The number of methoxy groups -OCH3 is 1. The molecule has 2 heterocycles. The van der Waals surface area contributed by atoms with Crippen molar-refractivity contribution in [2.24, 2.45) is 10.9 Å². The lowest BCUT2D eigenvalue weighted by atomic mass is 10.1. The van der Waals surface area contributed by atoms with Crippen molar-refractivity contribution in [2.45, 2.75) is 71.1 Å². The first-order chi connectivity index (χ1) is 15.1. The Balaban J connectivity index is 1.39. The molecular weight excluding hydrogens is 392 g/mol. The summed E-state index contributed by atoms with van der Waals surface area (Å²) < 4.78 is 11.5. The molecule has 0 radical (unpaired) electrons. The molecule has 170 valence electrons. The lowest BCUT2D eigenvalue weighted by molar-refractivity contribution is -0.134. The number of aliphatic imine (C=N–C) groups is 1. The van der Waals surface area contributed by atoms with Crippen molar-refractivity contribution >= 4 is 11.9 Å². The van der Waals surface area contributed by atoms with Crippen molar-refractivity contribution in [1.82, 2.24) is 15.5 Å². The van der Waals surface area contributed by atoms with Gasteiger partial charge in [0.25, 0.3) is 0 Å². The SMILES string of the molecule is CCNC(=NCc1cc2c(cc1OC)CC(C)O2)NC1CCN(C(=O)C2CCCC2)C1. The van der Waals surface area contributed by atoms with Crippen LogP contribution >= 0.6 is 0 Å². The summed E-state index contributed by atoms with van der Waals surface area (Å²) >= 11 is 0. The summed E-state index contributed by atoms with van der Waals surface area (Å²) in [6.45, 7) is 7.02. The zero-order valence-corrected chi connectivity index (χ0v) is 19.1. The van der Waals surface area contributed by atoms with E-state index in [0.29, 0.717) is 12.5 Å². The Hall–Kier alpha value is -2.44. The van der Waals surface area contributed by atoms with Crippen LogP contribution in [0.25, 0.3) is 0 Å². The van der Waals surface area contributed by atoms with E-state index in [0.717, 1.165) is 68.3 Å². The number of fused-ring (bicyclic) bond motifs is 1. The molecule has 1 aliphatic carbocycles. The van der Waals surface area contributed by atoms with E-state index in [1.807, 2.05) is 4.90 Å². The molecule has 1 saturated heterocycles. The zero-order valence-electron chi connectivity index (χ0n) is 19.1. The molecule has 1 saturated carbocycles. The molecule has 7 nitrogen and oxygen atoms in total. The predicted octanol–water partition coefficient (Wildman–Crippen LogP) is 2.86. The van der Waals surface area contributed by atoms with Crippen LogP contribution in [0.5, 0.6) is 11.5 Å². The molecule has 1 aromatic carbocycles. The number of hydrogen-bond acceptors (Lipinski definition) is 4. The fourth-order valence-electron chi connectivity index (χ4n) is 4.98. The number of guanidine groups is 1. The molecule has 7 heteroatoms. The minimum Gasteiger partial charge on any atom is -0.496 e. The Morgan fingerprint density at radius 3 is 2.84 bits per heavy atom. The molecule has 1 aromatic rings. The third-order valence-corrected chi connectivity index (χ3v) is 6.60. The van der Waals surface area contributed by atoms with Crippen LogP contribution in [0.4, 0.5) is 0 Å². The summed E-state index contributed by atoms with van der Waals surface area (Å²) in [7, 11) is 1.70. The smallest absolute Gasteiger partial charge is 0.225 e. The van der Waals surface area contributed by atoms with Crippen LogP contribution in [0.3, 0.4) is 0 Å². The van der Waals surface area contributed by atoms with Gasteiger partial charge in [0.2, 0.25) is 5.91 Å². The lowest BCUT2D eigenvalue weighted by Gasteiger charge is -2.21. The van der Waals surface area contributed by atoms with E-state index in [1.54, 1.807) is 7.11 Å². The molecule has 31 heavy (non-hydrogen) atoms. The van der Waals surface area contributed by atoms with Crippen LogP contribution in [-0.2, 0) is 17.8 Å². The first-order valence-electron chi connectivity index (χ1n) is 11.8. The summed E-state index contributed by atoms with van der Waals surface area (Å²) in [5.41, 5.74) is 2.21. The van der Waals surface area contributed by atoms with Crippen LogP contribution in [0.15, 0.2) is 17.1 Å². The molecule has 0 bridgehead atoms. The fraction of sp³-hybridized carbons (Fsp3) is 0.667. The van der Waals surface area contributed by atoms with Gasteiger partial charge in [-0.25, -0.2) is 4.99 Å². The van der Waals surface area contributed by atoms with E-state index in [2.05, 4.69) is 36.6 Å². The number of amides is 1. The van der Waals surface area contributed by atoms with Crippen molar-refractivity contribution in [1.29, 1.82) is 0 Å². The average molecular weight is 429 g/mol. The zero-order chi connectivity index (χ0) is 21.8. The highest BCUT2D eigenvalue weighted by molar-refractivity contribution is 5.81. The number of ether oxygens (including phenoxy) is 2. The molecule has 0 spiro atoms.